The highest BCUT2D eigenvalue weighted by atomic mass is 15.0. The summed E-state index contributed by atoms with van der Waals surface area (Å²) in [5.74, 6) is 0.650. The fourth-order valence-electron chi connectivity index (χ4n) is 2.33. The summed E-state index contributed by atoms with van der Waals surface area (Å²) in [5.41, 5.74) is 12.5. The minimum absolute atomic E-state index is 0.650. The van der Waals surface area contributed by atoms with E-state index in [0.29, 0.717) is 5.92 Å². The summed E-state index contributed by atoms with van der Waals surface area (Å²) in [6.07, 6.45) is 9.98. The molecule has 2 saturated carbocycles. The average molecular weight is 255 g/mol. The van der Waals surface area contributed by atoms with Gasteiger partial charge in [0.2, 0.25) is 0 Å². The molecule has 0 bridgehead atoms. The molecule has 100 valence electrons. The lowest BCUT2D eigenvalue weighted by atomic mass is 10.1. The van der Waals surface area contributed by atoms with Crippen LogP contribution >= 0.6 is 0 Å². The van der Waals surface area contributed by atoms with Gasteiger partial charge in [0.15, 0.2) is 0 Å². The van der Waals surface area contributed by atoms with Gasteiger partial charge in [-0.15, -0.1) is 0 Å². The van der Waals surface area contributed by atoms with Gasteiger partial charge in [0.05, 0.1) is 11.4 Å². The average Bonchev–Trinajstić information content (AvgIpc) is 3.28. The van der Waals surface area contributed by atoms with Crippen molar-refractivity contribution in [2.45, 2.75) is 39.0 Å². The fraction of sp³-hybridized carbons (Fsp3) is 0.438. The van der Waals surface area contributed by atoms with Crippen LogP contribution in [-0.4, -0.2) is 5.71 Å². The number of nitrogens with zero attached hydrogens (tertiary/aromatic N) is 1. The van der Waals surface area contributed by atoms with E-state index in [0.717, 1.165) is 41.9 Å². The maximum absolute atomic E-state index is 6.21. The van der Waals surface area contributed by atoms with Crippen molar-refractivity contribution in [3.05, 3.63) is 47.1 Å². The van der Waals surface area contributed by atoms with E-state index in [1.54, 1.807) is 0 Å². The zero-order valence-electron chi connectivity index (χ0n) is 11.5. The SMILES string of the molecule is C=C1NC=C(C(N)=C2CC2)/C1=N/C(=C\CC)C1CC1. The molecule has 0 aromatic carbocycles. The first kappa shape index (κ1) is 12.3. The highest BCUT2D eigenvalue weighted by molar-refractivity contribution is 6.17. The lowest BCUT2D eigenvalue weighted by Crippen LogP contribution is -2.11. The summed E-state index contributed by atoms with van der Waals surface area (Å²) in [6.45, 7) is 6.20. The number of rotatable bonds is 4. The second kappa shape index (κ2) is 4.72. The van der Waals surface area contributed by atoms with Crippen LogP contribution in [0.3, 0.4) is 0 Å². The molecule has 3 N–H and O–H groups in total. The lowest BCUT2D eigenvalue weighted by Gasteiger charge is -2.07. The molecule has 0 spiro atoms. The number of aliphatic imine (C=N–C) groups is 1. The summed E-state index contributed by atoms with van der Waals surface area (Å²) in [7, 11) is 0. The van der Waals surface area contributed by atoms with Crippen LogP contribution in [0.2, 0.25) is 0 Å². The first-order valence-electron chi connectivity index (χ1n) is 7.13. The van der Waals surface area contributed by atoms with Gasteiger partial charge < -0.3 is 11.1 Å². The largest absolute Gasteiger partial charge is 0.398 e. The Balaban J connectivity index is 1.92. The molecule has 3 aliphatic rings. The molecule has 1 aliphatic heterocycles. The van der Waals surface area contributed by atoms with Crippen molar-refractivity contribution < 1.29 is 0 Å². The molecule has 3 rings (SSSR count). The van der Waals surface area contributed by atoms with Crippen LogP contribution in [0.1, 0.15) is 39.0 Å². The van der Waals surface area contributed by atoms with Crippen molar-refractivity contribution in [2.75, 3.05) is 0 Å². The Morgan fingerprint density at radius 2 is 2.26 bits per heavy atom. The Morgan fingerprint density at radius 1 is 1.53 bits per heavy atom. The van der Waals surface area contributed by atoms with Gasteiger partial charge in [-0.2, -0.15) is 0 Å². The highest BCUT2D eigenvalue weighted by Gasteiger charge is 2.29. The first-order valence-corrected chi connectivity index (χ1v) is 7.13. The third-order valence-electron chi connectivity index (χ3n) is 3.75. The Morgan fingerprint density at radius 3 is 2.84 bits per heavy atom. The van der Waals surface area contributed by atoms with Crippen molar-refractivity contribution in [1.82, 2.24) is 5.32 Å². The molecule has 0 unspecified atom stereocenters. The predicted octanol–water partition coefficient (Wildman–Crippen LogP) is 3.14. The van der Waals surface area contributed by atoms with Crippen LogP contribution in [0.4, 0.5) is 0 Å². The van der Waals surface area contributed by atoms with Crippen LogP contribution < -0.4 is 11.1 Å². The third-order valence-corrected chi connectivity index (χ3v) is 3.75. The maximum Gasteiger partial charge on any atom is 0.0969 e. The molecule has 1 heterocycles. The summed E-state index contributed by atoms with van der Waals surface area (Å²) in [6, 6.07) is 0. The van der Waals surface area contributed by atoms with E-state index in [4.69, 9.17) is 10.7 Å². The van der Waals surface area contributed by atoms with Crippen molar-refractivity contribution in [3.8, 4) is 0 Å². The molecule has 0 amide bonds. The number of hydrogen-bond acceptors (Lipinski definition) is 3. The van der Waals surface area contributed by atoms with Crippen LogP contribution in [0, 0.1) is 5.92 Å². The summed E-state index contributed by atoms with van der Waals surface area (Å²) in [5, 5.41) is 3.16. The molecule has 0 radical (unpaired) electrons. The monoisotopic (exact) mass is 255 g/mol. The molecule has 0 saturated heterocycles. The molecular weight excluding hydrogens is 234 g/mol. The van der Waals surface area contributed by atoms with E-state index in [1.165, 1.54) is 24.1 Å². The van der Waals surface area contributed by atoms with Gasteiger partial charge >= 0.3 is 0 Å². The van der Waals surface area contributed by atoms with Crippen molar-refractivity contribution in [2.24, 2.45) is 16.6 Å². The predicted molar refractivity (Wildman–Crippen MR) is 79.3 cm³/mol. The molecule has 3 nitrogen and oxygen atoms in total. The smallest absolute Gasteiger partial charge is 0.0969 e. The van der Waals surface area contributed by atoms with Crippen molar-refractivity contribution >= 4 is 5.71 Å². The van der Waals surface area contributed by atoms with E-state index >= 15 is 0 Å². The van der Waals surface area contributed by atoms with E-state index in [2.05, 4.69) is 24.9 Å². The van der Waals surface area contributed by atoms with Gasteiger partial charge in [0.1, 0.15) is 0 Å². The van der Waals surface area contributed by atoms with Gasteiger partial charge in [-0.25, -0.2) is 0 Å². The molecule has 3 heteroatoms. The Labute approximate surface area is 114 Å². The van der Waals surface area contributed by atoms with Gasteiger partial charge in [0.25, 0.3) is 0 Å². The van der Waals surface area contributed by atoms with E-state index < -0.39 is 0 Å². The molecule has 2 fully saturated rings. The first-order chi connectivity index (χ1) is 9.20. The number of nitrogens with two attached hydrogens (primary N) is 1. The topological polar surface area (TPSA) is 50.4 Å². The van der Waals surface area contributed by atoms with Crippen molar-refractivity contribution in [1.29, 1.82) is 0 Å². The minimum Gasteiger partial charge on any atom is -0.398 e. The van der Waals surface area contributed by atoms with E-state index in [9.17, 15) is 0 Å². The minimum atomic E-state index is 0.650. The summed E-state index contributed by atoms with van der Waals surface area (Å²) >= 11 is 0. The Bertz CT molecular complexity index is 536. The maximum atomic E-state index is 6.21. The molecule has 0 atom stereocenters. The van der Waals surface area contributed by atoms with Gasteiger partial charge in [0, 0.05) is 29.1 Å². The summed E-state index contributed by atoms with van der Waals surface area (Å²) < 4.78 is 0. The molecule has 0 aromatic heterocycles. The summed E-state index contributed by atoms with van der Waals surface area (Å²) in [4.78, 5) is 4.85. The molecule has 2 aliphatic carbocycles. The van der Waals surface area contributed by atoms with Crippen LogP contribution in [0.25, 0.3) is 0 Å². The fourth-order valence-corrected chi connectivity index (χ4v) is 2.33. The number of nitrogens with one attached hydrogen (secondary N) is 1. The number of allylic oxidation sites excluding steroid dienone is 5. The lowest BCUT2D eigenvalue weighted by molar-refractivity contribution is 0.956. The third kappa shape index (κ3) is 2.50. The highest BCUT2D eigenvalue weighted by Crippen LogP contribution is 2.39. The standard InChI is InChI=1S/C16H21N3/c1-3-4-14(11-5-6-11)19-16-10(2)18-9-13(16)15(17)12-7-8-12/h4,9,11,18H,2-3,5-8,17H2,1H3/b14-4-,19-16+. The van der Waals surface area contributed by atoms with E-state index in [1.807, 2.05) is 6.20 Å². The molecule has 19 heavy (non-hydrogen) atoms. The Hall–Kier alpha value is -1.77. The van der Waals surface area contributed by atoms with Gasteiger partial charge in [-0.3, -0.25) is 4.99 Å². The van der Waals surface area contributed by atoms with E-state index in [-0.39, 0.29) is 0 Å². The quantitative estimate of drug-likeness (QED) is 0.810. The second-order valence-electron chi connectivity index (χ2n) is 5.47. The zero-order valence-corrected chi connectivity index (χ0v) is 11.5. The zero-order chi connectivity index (χ0) is 13.4. The second-order valence-corrected chi connectivity index (χ2v) is 5.47. The van der Waals surface area contributed by atoms with Gasteiger partial charge in [-0.1, -0.05) is 19.6 Å². The number of hydrogen-bond donors (Lipinski definition) is 2. The Kier molecular flexibility index (Phi) is 3.05. The molecule has 0 aromatic rings. The van der Waals surface area contributed by atoms with Gasteiger partial charge in [-0.05, 0) is 37.7 Å². The normalized spacial score (nSPS) is 24.6. The van der Waals surface area contributed by atoms with Crippen LogP contribution in [-0.2, 0) is 0 Å². The van der Waals surface area contributed by atoms with Crippen molar-refractivity contribution in [3.63, 3.8) is 0 Å². The van der Waals surface area contributed by atoms with Crippen LogP contribution in [0.15, 0.2) is 52.1 Å². The van der Waals surface area contributed by atoms with Crippen LogP contribution in [0.5, 0.6) is 0 Å². The molecular formula is C16H21N3.